The number of hydrogen-bond acceptors (Lipinski definition) is 12. The second-order valence-electron chi connectivity index (χ2n) is 19.6. The molecule has 2 fully saturated rings. The molecule has 72 heavy (non-hydrogen) atoms. The number of halogens is 4. The number of amides is 2. The zero-order valence-corrected chi connectivity index (χ0v) is 46.1. The highest BCUT2D eigenvalue weighted by molar-refractivity contribution is 7.84. The summed E-state index contributed by atoms with van der Waals surface area (Å²) in [4.78, 5) is 37.1. The van der Waals surface area contributed by atoms with E-state index < -0.39 is 54.4 Å². The Morgan fingerprint density at radius 3 is 1.28 bits per heavy atom. The summed E-state index contributed by atoms with van der Waals surface area (Å²) < 4.78 is 53.1. The highest BCUT2D eigenvalue weighted by Gasteiger charge is 2.53. The molecule has 4 aromatic carbocycles. The van der Waals surface area contributed by atoms with Gasteiger partial charge in [-0.05, 0) is 138 Å². The standard InChI is InChI=1S/2C25H25Cl2N3O4S2/c2*1-24(2,3)36(32)30-21(14-4-6-16(26)17(27)10-14)20-12-28-23(35-20)29-22(31)25(8-9-25)15-5-7-18-19(11-15)34-13-33-18/h2*4-7,10-12,21,30H,8-9,13H2,1-3H3,(H,28,29,31)/t21-,36+;21-,36-/m01/s1. The molecule has 4 heterocycles. The summed E-state index contributed by atoms with van der Waals surface area (Å²) >= 11 is 27.4. The summed E-state index contributed by atoms with van der Waals surface area (Å²) in [5, 5.41) is 8.59. The maximum atomic E-state index is 13.3. The molecule has 2 aromatic heterocycles. The fraction of sp³-hybridized carbons (Fsp3) is 0.360. The van der Waals surface area contributed by atoms with E-state index in [2.05, 4.69) is 30.0 Å². The molecule has 2 saturated carbocycles. The van der Waals surface area contributed by atoms with Gasteiger partial charge < -0.3 is 29.6 Å². The van der Waals surface area contributed by atoms with E-state index in [1.54, 1.807) is 36.7 Å². The van der Waals surface area contributed by atoms with E-state index >= 15 is 0 Å². The molecular formula is C50H50Cl4N6O8S4. The maximum Gasteiger partial charge on any atom is 0.236 e. The number of benzene rings is 4. The van der Waals surface area contributed by atoms with E-state index in [9.17, 15) is 18.0 Å². The average Bonchev–Trinajstić information content (AvgIpc) is 4.01. The third kappa shape index (κ3) is 11.3. The summed E-state index contributed by atoms with van der Waals surface area (Å²) in [6, 6.07) is 21.0. The second-order valence-corrected chi connectivity index (χ2v) is 27.3. The normalized spacial score (nSPS) is 17.5. The van der Waals surface area contributed by atoms with Gasteiger partial charge in [0.15, 0.2) is 33.3 Å². The maximum absolute atomic E-state index is 13.3. The van der Waals surface area contributed by atoms with Crippen LogP contribution < -0.4 is 39.0 Å². The number of hydrogen-bond donors (Lipinski definition) is 4. The number of anilines is 2. The summed E-state index contributed by atoms with van der Waals surface area (Å²) in [7, 11) is -2.74. The topological polar surface area (TPSA) is 179 Å². The van der Waals surface area contributed by atoms with Crippen molar-refractivity contribution in [3.8, 4) is 23.0 Å². The SMILES string of the molecule is CC(C)(C)[S@@](=O)N[C@@H](c1ccc(Cl)c(Cl)c1)c1cnc(NC(=O)C2(c3ccc4c(c3)OCO4)CC2)s1.CC(C)(C)[S@@](=O)N[C@H](c1ccc(Cl)c(Cl)c1)c1cnc(NC(=O)C2(c3ccc4c(c3)OCO4)CC2)s1. The number of thiazole rings is 2. The van der Waals surface area contributed by atoms with Crippen LogP contribution in [-0.2, 0) is 42.4 Å². The van der Waals surface area contributed by atoms with Crippen LogP contribution in [-0.4, -0.2) is 53.3 Å². The molecule has 4 N–H and O–H groups in total. The van der Waals surface area contributed by atoms with Crippen molar-refractivity contribution in [1.29, 1.82) is 0 Å². The molecule has 0 spiro atoms. The van der Waals surface area contributed by atoms with Crippen LogP contribution in [0, 0.1) is 0 Å². The van der Waals surface area contributed by atoms with Gasteiger partial charge in [0.1, 0.15) is 0 Å². The van der Waals surface area contributed by atoms with Crippen LogP contribution in [0.3, 0.4) is 0 Å². The lowest BCUT2D eigenvalue weighted by atomic mass is 9.94. The number of carbonyl (C=O) groups is 2. The minimum Gasteiger partial charge on any atom is -0.454 e. The Morgan fingerprint density at radius 2 is 0.931 bits per heavy atom. The minimum atomic E-state index is -1.37. The predicted octanol–water partition coefficient (Wildman–Crippen LogP) is 12.0. The van der Waals surface area contributed by atoms with Gasteiger partial charge in [0.2, 0.25) is 25.4 Å². The molecule has 22 heteroatoms. The molecule has 2 amide bonds. The lowest BCUT2D eigenvalue weighted by Crippen LogP contribution is -2.36. The van der Waals surface area contributed by atoms with Gasteiger partial charge >= 0.3 is 0 Å². The van der Waals surface area contributed by atoms with Crippen molar-refractivity contribution in [2.45, 2.75) is 99.6 Å². The van der Waals surface area contributed by atoms with Gasteiger partial charge in [0.25, 0.3) is 0 Å². The second kappa shape index (κ2) is 20.8. The van der Waals surface area contributed by atoms with Crippen LogP contribution in [0.5, 0.6) is 23.0 Å². The third-order valence-corrected chi connectivity index (χ3v) is 19.0. The van der Waals surface area contributed by atoms with E-state index in [-0.39, 0.29) is 25.4 Å². The Hall–Kier alpha value is -4.34. The Labute approximate surface area is 450 Å². The monoisotopic (exact) mass is 1130 g/mol. The van der Waals surface area contributed by atoms with Crippen molar-refractivity contribution in [2.75, 3.05) is 24.2 Å². The van der Waals surface area contributed by atoms with Crippen molar-refractivity contribution in [3.05, 3.63) is 137 Å². The zero-order valence-electron chi connectivity index (χ0n) is 39.8. The molecule has 0 unspecified atom stereocenters. The highest BCUT2D eigenvalue weighted by Crippen LogP contribution is 2.53. The summed E-state index contributed by atoms with van der Waals surface area (Å²) in [6.07, 6.45) is 6.34. The van der Waals surface area contributed by atoms with Crippen LogP contribution in [0.1, 0.15) is 111 Å². The lowest BCUT2D eigenvalue weighted by Gasteiger charge is -2.24. The molecule has 14 nitrogen and oxygen atoms in total. The number of aromatic nitrogens is 2. The molecule has 2 aliphatic heterocycles. The minimum absolute atomic E-state index is 0.112. The molecule has 0 radical (unpaired) electrons. The van der Waals surface area contributed by atoms with Crippen LogP contribution in [0.15, 0.2) is 85.2 Å². The van der Waals surface area contributed by atoms with Gasteiger partial charge in [-0.1, -0.05) is 93.3 Å². The fourth-order valence-electron chi connectivity index (χ4n) is 7.85. The van der Waals surface area contributed by atoms with E-state index in [1.165, 1.54) is 22.7 Å². The number of carbonyl (C=O) groups excluding carboxylic acids is 2. The fourth-order valence-corrected chi connectivity index (χ4v) is 12.1. The molecule has 10 rings (SSSR count). The Kier molecular flexibility index (Phi) is 15.1. The van der Waals surface area contributed by atoms with E-state index in [1.807, 2.05) is 90.1 Å². The highest BCUT2D eigenvalue weighted by atomic mass is 35.5. The van der Waals surface area contributed by atoms with Gasteiger partial charge in [0.05, 0.1) is 74.5 Å². The predicted molar refractivity (Wildman–Crippen MR) is 287 cm³/mol. The smallest absolute Gasteiger partial charge is 0.236 e. The quantitative estimate of drug-likeness (QED) is 0.0820. The first-order chi connectivity index (χ1) is 34.1. The molecule has 0 saturated heterocycles. The number of fused-ring (bicyclic) bond motifs is 2. The molecule has 4 atom stereocenters. The first kappa shape index (κ1) is 52.5. The van der Waals surface area contributed by atoms with Crippen molar-refractivity contribution in [3.63, 3.8) is 0 Å². The lowest BCUT2D eigenvalue weighted by molar-refractivity contribution is -0.119. The third-order valence-electron chi connectivity index (χ3n) is 12.4. The first-order valence-corrected chi connectivity index (χ1v) is 28.2. The van der Waals surface area contributed by atoms with Crippen LogP contribution >= 0.6 is 69.1 Å². The molecule has 4 aliphatic rings. The molecule has 6 aromatic rings. The zero-order chi connectivity index (χ0) is 51.3. The number of nitrogens with one attached hydrogen (secondary N) is 4. The Balaban J connectivity index is 0.000000178. The van der Waals surface area contributed by atoms with Crippen LogP contribution in [0.25, 0.3) is 0 Å². The summed E-state index contributed by atoms with van der Waals surface area (Å²) in [6.45, 7) is 11.7. The first-order valence-electron chi connectivity index (χ1n) is 22.7. The molecular weight excluding hydrogens is 1080 g/mol. The van der Waals surface area contributed by atoms with E-state index in [0.717, 1.165) is 57.7 Å². The van der Waals surface area contributed by atoms with Gasteiger partial charge in [-0.3, -0.25) is 9.59 Å². The van der Waals surface area contributed by atoms with E-state index in [0.29, 0.717) is 53.4 Å². The van der Waals surface area contributed by atoms with Crippen molar-refractivity contribution >= 4 is 113 Å². The van der Waals surface area contributed by atoms with Gasteiger partial charge in [0, 0.05) is 22.1 Å². The summed E-state index contributed by atoms with van der Waals surface area (Å²) in [5.74, 6) is 2.47. The van der Waals surface area contributed by atoms with Gasteiger partial charge in [-0.2, -0.15) is 0 Å². The van der Waals surface area contributed by atoms with Crippen molar-refractivity contribution < 1.29 is 37.0 Å². The average molecular weight is 1130 g/mol. The molecule has 380 valence electrons. The molecule has 0 bridgehead atoms. The van der Waals surface area contributed by atoms with Crippen molar-refractivity contribution in [1.82, 2.24) is 19.4 Å². The number of rotatable bonds is 14. The van der Waals surface area contributed by atoms with Crippen LogP contribution in [0.4, 0.5) is 10.3 Å². The molecule has 2 aliphatic carbocycles. The Morgan fingerprint density at radius 1 is 0.556 bits per heavy atom. The largest absolute Gasteiger partial charge is 0.454 e. The van der Waals surface area contributed by atoms with Crippen LogP contribution in [0.2, 0.25) is 20.1 Å². The summed E-state index contributed by atoms with van der Waals surface area (Å²) in [5.41, 5.74) is 2.17. The van der Waals surface area contributed by atoms with E-state index in [4.69, 9.17) is 65.4 Å². The Bertz CT molecular complexity index is 2910. The van der Waals surface area contributed by atoms with Crippen molar-refractivity contribution in [2.24, 2.45) is 0 Å². The number of nitrogens with zero attached hydrogens (tertiary/aromatic N) is 2. The van der Waals surface area contributed by atoms with Gasteiger partial charge in [-0.25, -0.2) is 27.8 Å². The number of ether oxygens (including phenoxy) is 4. The van der Waals surface area contributed by atoms with Gasteiger partial charge in [-0.15, -0.1) is 0 Å².